The van der Waals surface area contributed by atoms with E-state index in [-0.39, 0.29) is 18.2 Å². The second-order valence-corrected chi connectivity index (χ2v) is 7.58. The fourth-order valence-corrected chi connectivity index (χ4v) is 3.62. The first-order valence-corrected chi connectivity index (χ1v) is 9.27. The Morgan fingerprint density at radius 1 is 1.19 bits per heavy atom. The van der Waals surface area contributed by atoms with Crippen LogP contribution in [0.25, 0.3) is 0 Å². The summed E-state index contributed by atoms with van der Waals surface area (Å²) in [5.74, 6) is -0.387. The van der Waals surface area contributed by atoms with Crippen LogP contribution >= 0.6 is 23.2 Å². The van der Waals surface area contributed by atoms with Crippen LogP contribution in [0.1, 0.15) is 31.7 Å². The molecule has 0 saturated carbocycles. The molecule has 1 heterocycles. The summed E-state index contributed by atoms with van der Waals surface area (Å²) in [6.07, 6.45) is 0.184. The van der Waals surface area contributed by atoms with E-state index in [4.69, 9.17) is 23.2 Å². The predicted octanol–water partition coefficient (Wildman–Crippen LogP) is 5.11. The van der Waals surface area contributed by atoms with Gasteiger partial charge in [-0.05, 0) is 35.7 Å². The largest absolute Gasteiger partial charge is 0.324 e. The van der Waals surface area contributed by atoms with E-state index >= 15 is 0 Å². The molecular weight excluding hydrogens is 371 g/mol. The second-order valence-electron chi connectivity index (χ2n) is 6.73. The lowest BCUT2D eigenvalue weighted by Gasteiger charge is -2.22. The standard InChI is InChI=1S/C20H20Cl2N2O2/c1-12(2)15-5-3-4-6-18(15)24-11-13(9-19(24)25)20(26)23-17-8-7-14(21)10-16(17)22/h3-8,10,12-13H,9,11H2,1-2H3,(H,23,26). The van der Waals surface area contributed by atoms with Crippen LogP contribution in [-0.4, -0.2) is 18.4 Å². The lowest BCUT2D eigenvalue weighted by molar-refractivity contribution is -0.122. The Hall–Kier alpha value is -2.04. The number of carbonyl (C=O) groups excluding carboxylic acids is 2. The van der Waals surface area contributed by atoms with E-state index in [9.17, 15) is 9.59 Å². The van der Waals surface area contributed by atoms with Gasteiger partial charge < -0.3 is 10.2 Å². The summed E-state index contributed by atoms with van der Waals surface area (Å²) in [5.41, 5.74) is 2.48. The van der Waals surface area contributed by atoms with Gasteiger partial charge in [0.05, 0.1) is 16.6 Å². The molecule has 0 aromatic heterocycles. The summed E-state index contributed by atoms with van der Waals surface area (Å²) in [6, 6.07) is 12.7. The number of nitrogens with zero attached hydrogens (tertiary/aromatic N) is 1. The van der Waals surface area contributed by atoms with E-state index in [0.717, 1.165) is 11.3 Å². The van der Waals surface area contributed by atoms with E-state index < -0.39 is 5.92 Å². The van der Waals surface area contributed by atoms with Gasteiger partial charge in [0.15, 0.2) is 0 Å². The fraction of sp³-hybridized carbons (Fsp3) is 0.300. The number of benzene rings is 2. The number of hydrogen-bond acceptors (Lipinski definition) is 2. The molecular formula is C20H20Cl2N2O2. The highest BCUT2D eigenvalue weighted by atomic mass is 35.5. The third kappa shape index (κ3) is 3.87. The van der Waals surface area contributed by atoms with E-state index in [0.29, 0.717) is 28.2 Å². The van der Waals surface area contributed by atoms with E-state index in [1.807, 2.05) is 24.3 Å². The Morgan fingerprint density at radius 2 is 1.92 bits per heavy atom. The molecule has 1 aliphatic heterocycles. The highest BCUT2D eigenvalue weighted by Gasteiger charge is 2.36. The van der Waals surface area contributed by atoms with Gasteiger partial charge in [0.2, 0.25) is 11.8 Å². The minimum absolute atomic E-state index is 0.0412. The lowest BCUT2D eigenvalue weighted by atomic mass is 10.0. The molecule has 0 aliphatic carbocycles. The van der Waals surface area contributed by atoms with Gasteiger partial charge in [-0.25, -0.2) is 0 Å². The van der Waals surface area contributed by atoms with Crippen molar-refractivity contribution < 1.29 is 9.59 Å². The fourth-order valence-electron chi connectivity index (χ4n) is 3.16. The first-order chi connectivity index (χ1) is 12.4. The average Bonchev–Trinajstić information content (AvgIpc) is 2.99. The third-order valence-corrected chi connectivity index (χ3v) is 5.08. The van der Waals surface area contributed by atoms with Crippen molar-refractivity contribution in [3.8, 4) is 0 Å². The molecule has 1 aliphatic rings. The van der Waals surface area contributed by atoms with Crippen LogP contribution in [0.3, 0.4) is 0 Å². The number of amides is 2. The van der Waals surface area contributed by atoms with Gasteiger partial charge in [0.1, 0.15) is 0 Å². The highest BCUT2D eigenvalue weighted by molar-refractivity contribution is 6.36. The van der Waals surface area contributed by atoms with Gasteiger partial charge in [-0.15, -0.1) is 0 Å². The molecule has 2 aromatic rings. The number of hydrogen-bond donors (Lipinski definition) is 1. The molecule has 26 heavy (non-hydrogen) atoms. The lowest BCUT2D eigenvalue weighted by Crippen LogP contribution is -2.29. The molecule has 4 nitrogen and oxygen atoms in total. The minimum Gasteiger partial charge on any atom is -0.324 e. The minimum atomic E-state index is -0.422. The number of carbonyl (C=O) groups is 2. The Labute approximate surface area is 163 Å². The van der Waals surface area contributed by atoms with Crippen LogP contribution in [0.5, 0.6) is 0 Å². The highest BCUT2D eigenvalue weighted by Crippen LogP contribution is 2.33. The van der Waals surface area contributed by atoms with Crippen molar-refractivity contribution in [2.45, 2.75) is 26.2 Å². The normalized spacial score (nSPS) is 17.0. The number of nitrogens with one attached hydrogen (secondary N) is 1. The second kappa shape index (κ2) is 7.68. The molecule has 3 rings (SSSR count). The zero-order valence-electron chi connectivity index (χ0n) is 14.6. The maximum atomic E-state index is 12.6. The molecule has 1 atom stereocenters. The Morgan fingerprint density at radius 3 is 2.62 bits per heavy atom. The van der Waals surface area contributed by atoms with Gasteiger partial charge >= 0.3 is 0 Å². The SMILES string of the molecule is CC(C)c1ccccc1N1CC(C(=O)Nc2ccc(Cl)cc2Cl)CC1=O. The summed E-state index contributed by atoms with van der Waals surface area (Å²) in [6.45, 7) is 4.54. The zero-order chi connectivity index (χ0) is 18.8. The Bertz CT molecular complexity index is 851. The van der Waals surface area contributed by atoms with Crippen LogP contribution in [0.4, 0.5) is 11.4 Å². The molecule has 136 valence electrons. The summed E-state index contributed by atoms with van der Waals surface area (Å²) in [7, 11) is 0. The molecule has 1 saturated heterocycles. The third-order valence-electron chi connectivity index (χ3n) is 4.53. The number of anilines is 2. The number of para-hydroxylation sites is 1. The van der Waals surface area contributed by atoms with Crippen LogP contribution in [-0.2, 0) is 9.59 Å². The maximum Gasteiger partial charge on any atom is 0.229 e. The first kappa shape index (κ1) is 18.7. The van der Waals surface area contributed by atoms with Gasteiger partial charge in [0, 0.05) is 23.7 Å². The van der Waals surface area contributed by atoms with Crippen LogP contribution in [0.2, 0.25) is 10.0 Å². The van der Waals surface area contributed by atoms with Crippen molar-refractivity contribution in [3.05, 3.63) is 58.1 Å². The van der Waals surface area contributed by atoms with Gasteiger partial charge in [-0.3, -0.25) is 9.59 Å². The molecule has 0 radical (unpaired) electrons. The molecule has 2 amide bonds. The topological polar surface area (TPSA) is 49.4 Å². The molecule has 6 heteroatoms. The average molecular weight is 391 g/mol. The van der Waals surface area contributed by atoms with Crippen molar-refractivity contribution >= 4 is 46.4 Å². The molecule has 0 spiro atoms. The van der Waals surface area contributed by atoms with Crippen LogP contribution < -0.4 is 10.2 Å². The van der Waals surface area contributed by atoms with Crippen molar-refractivity contribution in [2.24, 2.45) is 5.92 Å². The van der Waals surface area contributed by atoms with Crippen molar-refractivity contribution in [2.75, 3.05) is 16.8 Å². The van der Waals surface area contributed by atoms with Gasteiger partial charge in [0.25, 0.3) is 0 Å². The number of rotatable bonds is 4. The monoisotopic (exact) mass is 390 g/mol. The zero-order valence-corrected chi connectivity index (χ0v) is 16.1. The Balaban J connectivity index is 1.76. The van der Waals surface area contributed by atoms with Gasteiger partial charge in [-0.2, -0.15) is 0 Å². The maximum absolute atomic E-state index is 12.6. The summed E-state index contributed by atoms with van der Waals surface area (Å²) < 4.78 is 0. The van der Waals surface area contributed by atoms with E-state index in [1.54, 1.807) is 23.1 Å². The summed E-state index contributed by atoms with van der Waals surface area (Å²) >= 11 is 12.0. The summed E-state index contributed by atoms with van der Waals surface area (Å²) in [5, 5.41) is 3.67. The van der Waals surface area contributed by atoms with Crippen molar-refractivity contribution in [1.82, 2.24) is 0 Å². The van der Waals surface area contributed by atoms with Crippen LogP contribution in [0.15, 0.2) is 42.5 Å². The summed E-state index contributed by atoms with van der Waals surface area (Å²) in [4.78, 5) is 26.9. The van der Waals surface area contributed by atoms with Crippen molar-refractivity contribution in [3.63, 3.8) is 0 Å². The first-order valence-electron chi connectivity index (χ1n) is 8.52. The molecule has 2 aromatic carbocycles. The van der Waals surface area contributed by atoms with Crippen LogP contribution in [0, 0.1) is 5.92 Å². The van der Waals surface area contributed by atoms with Crippen molar-refractivity contribution in [1.29, 1.82) is 0 Å². The molecule has 1 fully saturated rings. The van der Waals surface area contributed by atoms with E-state index in [2.05, 4.69) is 19.2 Å². The Kier molecular flexibility index (Phi) is 5.54. The quantitative estimate of drug-likeness (QED) is 0.788. The molecule has 0 bridgehead atoms. The predicted molar refractivity (Wildman–Crippen MR) is 106 cm³/mol. The molecule has 1 N–H and O–H groups in total. The van der Waals surface area contributed by atoms with E-state index in [1.165, 1.54) is 0 Å². The van der Waals surface area contributed by atoms with Gasteiger partial charge in [-0.1, -0.05) is 55.2 Å². The molecule has 1 unspecified atom stereocenters. The smallest absolute Gasteiger partial charge is 0.229 e. The number of halogens is 2.